The van der Waals surface area contributed by atoms with Crippen LogP contribution in [-0.4, -0.2) is 64.9 Å². The number of benzene rings is 2. The molecule has 8 heteroatoms. The van der Waals surface area contributed by atoms with Crippen molar-refractivity contribution in [3.05, 3.63) is 65.2 Å². The fourth-order valence-corrected chi connectivity index (χ4v) is 3.51. The lowest BCUT2D eigenvalue weighted by atomic mass is 9.95. The third kappa shape index (κ3) is 4.87. The summed E-state index contributed by atoms with van der Waals surface area (Å²) < 4.78 is 10.7. The van der Waals surface area contributed by atoms with Crippen LogP contribution >= 0.6 is 0 Å². The van der Waals surface area contributed by atoms with Crippen LogP contribution in [0, 0.1) is 0 Å². The van der Waals surface area contributed by atoms with Crippen molar-refractivity contribution in [1.82, 2.24) is 4.90 Å². The van der Waals surface area contributed by atoms with Gasteiger partial charge in [0.2, 0.25) is 0 Å². The Kier molecular flexibility index (Phi) is 7.28. The van der Waals surface area contributed by atoms with Gasteiger partial charge in [0.15, 0.2) is 0 Å². The van der Waals surface area contributed by atoms with Crippen LogP contribution in [0.5, 0.6) is 11.5 Å². The number of amides is 1. The normalized spacial score (nSPS) is 17.9. The number of likely N-dealkylation sites (tertiary alicyclic amines) is 1. The fraction of sp³-hybridized carbons (Fsp3) is 0.304. The Morgan fingerprint density at radius 2 is 1.84 bits per heavy atom. The van der Waals surface area contributed by atoms with Crippen LogP contribution in [0.2, 0.25) is 0 Å². The van der Waals surface area contributed by atoms with Crippen LogP contribution in [0.25, 0.3) is 5.76 Å². The van der Waals surface area contributed by atoms with E-state index in [2.05, 4.69) is 0 Å². The molecular formula is C23H25NO7. The molecule has 3 N–H and O–H groups in total. The largest absolute Gasteiger partial charge is 0.508 e. The minimum absolute atomic E-state index is 0.0271. The molecule has 1 saturated heterocycles. The highest BCUT2D eigenvalue weighted by molar-refractivity contribution is 6.46. The molecule has 164 valence electrons. The van der Waals surface area contributed by atoms with Gasteiger partial charge in [0.1, 0.15) is 17.3 Å². The number of aliphatic hydroxyl groups is 2. The summed E-state index contributed by atoms with van der Waals surface area (Å²) in [5.41, 5.74) is 0.777. The van der Waals surface area contributed by atoms with Crippen molar-refractivity contribution in [2.45, 2.75) is 13.0 Å². The molecule has 31 heavy (non-hydrogen) atoms. The Labute approximate surface area is 180 Å². The summed E-state index contributed by atoms with van der Waals surface area (Å²) in [6.45, 7) is 2.47. The van der Waals surface area contributed by atoms with Gasteiger partial charge in [-0.05, 0) is 48.9 Å². The number of carbonyl (C=O) groups excluding carboxylic acids is 2. The first kappa shape index (κ1) is 22.3. The number of ether oxygens (including phenoxy) is 2. The van der Waals surface area contributed by atoms with Crippen LogP contribution < -0.4 is 4.74 Å². The van der Waals surface area contributed by atoms with Crippen molar-refractivity contribution in [2.75, 3.05) is 33.0 Å². The van der Waals surface area contributed by atoms with Crippen molar-refractivity contribution in [3.63, 3.8) is 0 Å². The highest BCUT2D eigenvalue weighted by atomic mass is 16.5. The Morgan fingerprint density at radius 1 is 1.10 bits per heavy atom. The smallest absolute Gasteiger partial charge is 0.295 e. The number of rotatable bonds is 9. The molecule has 0 bridgehead atoms. The predicted octanol–water partition coefficient (Wildman–Crippen LogP) is 2.22. The van der Waals surface area contributed by atoms with Crippen molar-refractivity contribution < 1.29 is 34.4 Å². The maximum Gasteiger partial charge on any atom is 0.295 e. The first-order valence-corrected chi connectivity index (χ1v) is 9.97. The maximum absolute atomic E-state index is 12.9. The van der Waals surface area contributed by atoms with Crippen molar-refractivity contribution in [1.29, 1.82) is 0 Å². The minimum atomic E-state index is -0.892. The van der Waals surface area contributed by atoms with Crippen LogP contribution in [0.3, 0.4) is 0 Å². The molecule has 1 aliphatic rings. The molecule has 0 aliphatic carbocycles. The predicted molar refractivity (Wildman–Crippen MR) is 113 cm³/mol. The monoisotopic (exact) mass is 427 g/mol. The molecule has 0 spiro atoms. The summed E-state index contributed by atoms with van der Waals surface area (Å²) in [4.78, 5) is 26.9. The molecule has 1 amide bonds. The second kappa shape index (κ2) is 10.1. The highest BCUT2D eigenvalue weighted by Gasteiger charge is 2.46. The highest BCUT2D eigenvalue weighted by Crippen LogP contribution is 2.40. The first-order chi connectivity index (χ1) is 15.0. The summed E-state index contributed by atoms with van der Waals surface area (Å²) in [6.07, 6.45) is 0. The zero-order chi connectivity index (χ0) is 22.4. The van der Waals surface area contributed by atoms with Gasteiger partial charge in [-0.3, -0.25) is 9.59 Å². The SMILES string of the molecule is CCOc1ccc(C(O)=C2C(=O)C(=O)N(CCOCCO)C2c2cccc(O)c2)cc1. The van der Waals surface area contributed by atoms with Crippen molar-refractivity contribution in [3.8, 4) is 11.5 Å². The average molecular weight is 427 g/mol. The Morgan fingerprint density at radius 3 is 2.48 bits per heavy atom. The molecular weight excluding hydrogens is 402 g/mol. The molecule has 2 aromatic carbocycles. The van der Waals surface area contributed by atoms with Gasteiger partial charge in [0, 0.05) is 12.1 Å². The minimum Gasteiger partial charge on any atom is -0.508 e. The van der Waals surface area contributed by atoms with E-state index in [1.165, 1.54) is 17.0 Å². The number of aliphatic hydroxyl groups excluding tert-OH is 2. The lowest BCUT2D eigenvalue weighted by Crippen LogP contribution is -2.33. The van der Waals surface area contributed by atoms with Crippen molar-refractivity contribution in [2.24, 2.45) is 0 Å². The number of nitrogens with zero attached hydrogens (tertiary/aromatic N) is 1. The second-order valence-electron chi connectivity index (χ2n) is 6.88. The molecule has 2 aromatic rings. The number of hydrogen-bond acceptors (Lipinski definition) is 7. The Balaban J connectivity index is 2.03. The van der Waals surface area contributed by atoms with Gasteiger partial charge in [0.25, 0.3) is 11.7 Å². The summed E-state index contributed by atoms with van der Waals surface area (Å²) in [5, 5.41) is 29.8. The van der Waals surface area contributed by atoms with Gasteiger partial charge in [0.05, 0.1) is 38.0 Å². The summed E-state index contributed by atoms with van der Waals surface area (Å²) in [6, 6.07) is 11.9. The summed E-state index contributed by atoms with van der Waals surface area (Å²) in [7, 11) is 0. The zero-order valence-electron chi connectivity index (χ0n) is 17.2. The standard InChI is InChI=1S/C23H25NO7/c1-2-31-18-8-6-15(7-9-18)21(27)19-20(16-4-3-5-17(26)14-16)24(23(29)22(19)28)10-12-30-13-11-25/h3-9,14,20,25-27H,2,10-13H2,1H3. The van der Waals surface area contributed by atoms with Crippen molar-refractivity contribution >= 4 is 17.4 Å². The van der Waals surface area contributed by atoms with Gasteiger partial charge in [-0.2, -0.15) is 0 Å². The molecule has 0 aromatic heterocycles. The molecule has 1 fully saturated rings. The van der Waals surface area contributed by atoms with E-state index in [4.69, 9.17) is 14.6 Å². The van der Waals surface area contributed by atoms with Gasteiger partial charge < -0.3 is 29.7 Å². The molecule has 0 radical (unpaired) electrons. The van der Waals surface area contributed by atoms with E-state index in [0.717, 1.165) is 0 Å². The number of ketones is 1. The first-order valence-electron chi connectivity index (χ1n) is 9.97. The molecule has 1 heterocycles. The van der Waals surface area contributed by atoms with Crippen LogP contribution in [0.1, 0.15) is 24.1 Å². The fourth-order valence-electron chi connectivity index (χ4n) is 3.51. The van der Waals surface area contributed by atoms with Crippen LogP contribution in [-0.2, 0) is 14.3 Å². The molecule has 1 unspecified atom stereocenters. The lowest BCUT2D eigenvalue weighted by molar-refractivity contribution is -0.140. The third-order valence-electron chi connectivity index (χ3n) is 4.88. The van der Waals surface area contributed by atoms with Crippen LogP contribution in [0.4, 0.5) is 0 Å². The molecule has 3 rings (SSSR count). The van der Waals surface area contributed by atoms with E-state index in [-0.39, 0.29) is 43.4 Å². The Bertz CT molecular complexity index is 968. The number of phenolic OH excluding ortho intramolecular Hbond substituents is 1. The number of aromatic hydroxyl groups is 1. The van der Waals surface area contributed by atoms with E-state index in [1.807, 2.05) is 6.92 Å². The summed E-state index contributed by atoms with van der Waals surface area (Å²) in [5.74, 6) is -1.31. The van der Waals surface area contributed by atoms with Crippen LogP contribution in [0.15, 0.2) is 54.1 Å². The molecule has 1 aliphatic heterocycles. The molecule has 0 saturated carbocycles. The average Bonchev–Trinajstić information content (AvgIpc) is 3.02. The maximum atomic E-state index is 12.9. The van der Waals surface area contributed by atoms with E-state index in [9.17, 15) is 19.8 Å². The van der Waals surface area contributed by atoms with Gasteiger partial charge in [-0.1, -0.05) is 12.1 Å². The topological polar surface area (TPSA) is 117 Å². The van der Waals surface area contributed by atoms with Gasteiger partial charge in [-0.25, -0.2) is 0 Å². The molecule has 8 nitrogen and oxygen atoms in total. The second-order valence-corrected chi connectivity index (χ2v) is 6.88. The lowest BCUT2D eigenvalue weighted by Gasteiger charge is -2.25. The van der Waals surface area contributed by atoms with Gasteiger partial charge in [-0.15, -0.1) is 0 Å². The zero-order valence-corrected chi connectivity index (χ0v) is 17.2. The number of Topliss-reactive ketones (excluding diaryl/α,β-unsaturated/α-hetero) is 1. The van der Waals surface area contributed by atoms with E-state index in [1.54, 1.807) is 36.4 Å². The van der Waals surface area contributed by atoms with Gasteiger partial charge >= 0.3 is 0 Å². The molecule has 1 atom stereocenters. The van der Waals surface area contributed by atoms with E-state index < -0.39 is 17.7 Å². The number of hydrogen-bond donors (Lipinski definition) is 3. The number of carbonyl (C=O) groups is 2. The van der Waals surface area contributed by atoms with E-state index >= 15 is 0 Å². The van der Waals surface area contributed by atoms with E-state index in [0.29, 0.717) is 23.5 Å². The number of phenols is 1. The Hall–Kier alpha value is -3.36. The summed E-state index contributed by atoms with van der Waals surface area (Å²) >= 11 is 0. The quantitative estimate of drug-likeness (QED) is 0.243. The third-order valence-corrected chi connectivity index (χ3v) is 4.88.